The van der Waals surface area contributed by atoms with E-state index in [2.05, 4.69) is 26.6 Å². The standard InChI is InChI=1S/C18H18BrN3O2S2/c19-11-6-4-5-10(9-11)16(24)21-18(25)22-17-14(15(20)23)12-7-2-1-3-8-13(12)26-17/h4-6,9H,1-3,7-8H2,(H2,20,23)(H2,21,22,24,25). The Morgan fingerprint density at radius 1 is 1.19 bits per heavy atom. The van der Waals surface area contributed by atoms with Crippen LogP contribution in [0.1, 0.15) is 50.4 Å². The average molecular weight is 452 g/mol. The van der Waals surface area contributed by atoms with E-state index in [9.17, 15) is 9.59 Å². The van der Waals surface area contributed by atoms with E-state index in [1.54, 1.807) is 18.2 Å². The molecule has 4 N–H and O–H groups in total. The number of primary amides is 1. The molecule has 1 aliphatic rings. The molecule has 0 saturated carbocycles. The molecule has 26 heavy (non-hydrogen) atoms. The summed E-state index contributed by atoms with van der Waals surface area (Å²) < 4.78 is 0.807. The highest BCUT2D eigenvalue weighted by molar-refractivity contribution is 9.10. The van der Waals surface area contributed by atoms with Crippen molar-refractivity contribution in [2.24, 2.45) is 5.73 Å². The molecule has 1 aliphatic carbocycles. The molecule has 2 aromatic rings. The van der Waals surface area contributed by atoms with Gasteiger partial charge >= 0.3 is 0 Å². The van der Waals surface area contributed by atoms with Crippen LogP contribution < -0.4 is 16.4 Å². The number of carbonyl (C=O) groups excluding carboxylic acids is 2. The number of nitrogens with one attached hydrogen (secondary N) is 2. The lowest BCUT2D eigenvalue weighted by Crippen LogP contribution is -2.34. The maximum atomic E-state index is 12.3. The lowest BCUT2D eigenvalue weighted by molar-refractivity contribution is 0.0975. The average Bonchev–Trinajstić information content (AvgIpc) is 2.76. The second kappa shape index (κ2) is 8.28. The van der Waals surface area contributed by atoms with Crippen LogP contribution in [0.25, 0.3) is 0 Å². The van der Waals surface area contributed by atoms with E-state index >= 15 is 0 Å². The molecule has 136 valence electrons. The van der Waals surface area contributed by atoms with Crippen LogP contribution in [0, 0.1) is 0 Å². The number of hydrogen-bond acceptors (Lipinski definition) is 4. The van der Waals surface area contributed by atoms with Crippen LogP contribution >= 0.6 is 39.5 Å². The predicted octanol–water partition coefficient (Wildman–Crippen LogP) is 4.01. The number of aryl methyl sites for hydroxylation is 1. The van der Waals surface area contributed by atoms with Gasteiger partial charge in [0.15, 0.2) is 5.11 Å². The van der Waals surface area contributed by atoms with Crippen molar-refractivity contribution >= 4 is 61.4 Å². The fourth-order valence-corrected chi connectivity index (χ4v) is 4.99. The Hall–Kier alpha value is -1.77. The highest BCUT2D eigenvalue weighted by atomic mass is 79.9. The first-order chi connectivity index (χ1) is 12.5. The third kappa shape index (κ3) is 4.31. The van der Waals surface area contributed by atoms with Crippen molar-refractivity contribution in [3.63, 3.8) is 0 Å². The summed E-state index contributed by atoms with van der Waals surface area (Å²) in [5.41, 5.74) is 7.63. The van der Waals surface area contributed by atoms with E-state index in [4.69, 9.17) is 18.0 Å². The number of carbonyl (C=O) groups is 2. The topological polar surface area (TPSA) is 84.2 Å². The van der Waals surface area contributed by atoms with E-state index in [1.165, 1.54) is 16.2 Å². The fourth-order valence-electron chi connectivity index (χ4n) is 3.03. The Labute approximate surface area is 169 Å². The van der Waals surface area contributed by atoms with Crippen molar-refractivity contribution in [2.75, 3.05) is 5.32 Å². The minimum Gasteiger partial charge on any atom is -0.365 e. The van der Waals surface area contributed by atoms with E-state index in [0.29, 0.717) is 16.1 Å². The summed E-state index contributed by atoms with van der Waals surface area (Å²) in [4.78, 5) is 25.5. The molecule has 2 amide bonds. The van der Waals surface area contributed by atoms with Gasteiger partial charge < -0.3 is 11.1 Å². The maximum Gasteiger partial charge on any atom is 0.257 e. The predicted molar refractivity (Wildman–Crippen MR) is 112 cm³/mol. The van der Waals surface area contributed by atoms with Gasteiger partial charge in [-0.2, -0.15) is 0 Å². The van der Waals surface area contributed by atoms with Crippen LogP contribution in [0.4, 0.5) is 5.00 Å². The van der Waals surface area contributed by atoms with Crippen LogP contribution in [0.2, 0.25) is 0 Å². The molecule has 0 saturated heterocycles. The number of thiocarbonyl (C=S) groups is 1. The number of hydrogen-bond donors (Lipinski definition) is 3. The molecule has 1 aromatic carbocycles. The first-order valence-corrected chi connectivity index (χ1v) is 10.3. The highest BCUT2D eigenvalue weighted by Gasteiger charge is 2.24. The van der Waals surface area contributed by atoms with Gasteiger partial charge in [0.1, 0.15) is 5.00 Å². The summed E-state index contributed by atoms with van der Waals surface area (Å²) in [5, 5.41) is 6.40. The first kappa shape index (κ1) is 19.0. The van der Waals surface area contributed by atoms with Gasteiger partial charge in [0, 0.05) is 14.9 Å². The number of thiophene rings is 1. The molecule has 8 heteroatoms. The lowest BCUT2D eigenvalue weighted by atomic mass is 10.1. The van der Waals surface area contributed by atoms with Gasteiger partial charge in [-0.25, -0.2) is 0 Å². The van der Waals surface area contributed by atoms with Crippen molar-refractivity contribution < 1.29 is 9.59 Å². The Morgan fingerprint density at radius 3 is 2.69 bits per heavy atom. The van der Waals surface area contributed by atoms with Gasteiger partial charge in [-0.05, 0) is 61.7 Å². The largest absolute Gasteiger partial charge is 0.365 e. The van der Waals surface area contributed by atoms with Gasteiger partial charge in [-0.15, -0.1) is 11.3 Å². The number of anilines is 1. The van der Waals surface area contributed by atoms with Gasteiger partial charge in [-0.1, -0.05) is 28.4 Å². The third-order valence-corrected chi connectivity index (χ3v) is 6.11. The monoisotopic (exact) mass is 451 g/mol. The molecule has 0 atom stereocenters. The molecule has 1 heterocycles. The number of nitrogens with two attached hydrogens (primary N) is 1. The first-order valence-electron chi connectivity index (χ1n) is 8.28. The smallest absolute Gasteiger partial charge is 0.257 e. The minimum atomic E-state index is -0.465. The van der Waals surface area contributed by atoms with Crippen LogP contribution in [-0.2, 0) is 12.8 Å². The Bertz CT molecular complexity index is 879. The van der Waals surface area contributed by atoms with Crippen molar-refractivity contribution in [1.29, 1.82) is 0 Å². The summed E-state index contributed by atoms with van der Waals surface area (Å²) >= 11 is 10.1. The molecule has 0 spiro atoms. The van der Waals surface area contributed by atoms with Crippen LogP contribution in [0.5, 0.6) is 0 Å². The second-order valence-electron chi connectivity index (χ2n) is 6.05. The number of rotatable bonds is 3. The number of amides is 2. The van der Waals surface area contributed by atoms with Crippen LogP contribution in [0.3, 0.4) is 0 Å². The van der Waals surface area contributed by atoms with E-state index in [-0.39, 0.29) is 11.0 Å². The zero-order valence-electron chi connectivity index (χ0n) is 13.9. The minimum absolute atomic E-state index is 0.147. The van der Waals surface area contributed by atoms with Crippen molar-refractivity contribution in [2.45, 2.75) is 32.1 Å². The summed E-state index contributed by atoms with van der Waals surface area (Å²) in [5.74, 6) is -0.782. The molecule has 0 bridgehead atoms. The zero-order valence-corrected chi connectivity index (χ0v) is 17.2. The molecule has 0 unspecified atom stereocenters. The second-order valence-corrected chi connectivity index (χ2v) is 8.48. The number of fused-ring (bicyclic) bond motifs is 1. The van der Waals surface area contributed by atoms with Gasteiger partial charge in [-0.3, -0.25) is 14.9 Å². The Balaban J connectivity index is 1.77. The van der Waals surface area contributed by atoms with Crippen LogP contribution in [0.15, 0.2) is 28.7 Å². The van der Waals surface area contributed by atoms with Crippen LogP contribution in [-0.4, -0.2) is 16.9 Å². The quantitative estimate of drug-likeness (QED) is 0.486. The third-order valence-electron chi connectivity index (χ3n) is 4.21. The Morgan fingerprint density at radius 2 is 1.96 bits per heavy atom. The molecular weight excluding hydrogens is 434 g/mol. The molecular formula is C18H18BrN3O2S2. The van der Waals surface area contributed by atoms with Crippen molar-refractivity contribution in [3.05, 3.63) is 50.3 Å². The van der Waals surface area contributed by atoms with E-state index in [1.807, 2.05) is 6.07 Å². The van der Waals surface area contributed by atoms with Gasteiger partial charge in [0.05, 0.1) is 5.56 Å². The summed E-state index contributed by atoms with van der Waals surface area (Å²) in [6.07, 6.45) is 5.11. The van der Waals surface area contributed by atoms with Crippen molar-refractivity contribution in [1.82, 2.24) is 5.32 Å². The Kier molecular flexibility index (Phi) is 6.05. The zero-order chi connectivity index (χ0) is 18.7. The fraction of sp³-hybridized carbons (Fsp3) is 0.278. The molecule has 5 nitrogen and oxygen atoms in total. The summed E-state index contributed by atoms with van der Waals surface area (Å²) in [6, 6.07) is 7.02. The van der Waals surface area contributed by atoms with Crippen molar-refractivity contribution in [3.8, 4) is 0 Å². The summed E-state index contributed by atoms with van der Waals surface area (Å²) in [7, 11) is 0. The molecule has 0 aliphatic heterocycles. The van der Waals surface area contributed by atoms with Gasteiger partial charge in [0.25, 0.3) is 11.8 Å². The molecule has 1 aromatic heterocycles. The normalized spacial score (nSPS) is 13.4. The maximum absolute atomic E-state index is 12.3. The summed E-state index contributed by atoms with van der Waals surface area (Å²) in [6.45, 7) is 0. The SMILES string of the molecule is NC(=O)c1c(NC(=S)NC(=O)c2cccc(Br)c2)sc2c1CCCCC2. The molecule has 3 rings (SSSR count). The molecule has 0 fully saturated rings. The number of benzene rings is 1. The molecule has 0 radical (unpaired) electrons. The number of halogens is 1. The highest BCUT2D eigenvalue weighted by Crippen LogP contribution is 2.37. The van der Waals surface area contributed by atoms with Gasteiger partial charge in [0.2, 0.25) is 0 Å². The van der Waals surface area contributed by atoms with E-state index in [0.717, 1.165) is 42.1 Å². The van der Waals surface area contributed by atoms with E-state index < -0.39 is 5.91 Å². The lowest BCUT2D eigenvalue weighted by Gasteiger charge is -2.10.